The third kappa shape index (κ3) is 7.18. The third-order valence-electron chi connectivity index (χ3n) is 6.35. The maximum atomic E-state index is 13.4. The first-order valence-electron chi connectivity index (χ1n) is 11.9. The molecule has 212 valence electrons. The van der Waals surface area contributed by atoms with E-state index in [0.717, 1.165) is 12.8 Å². The maximum absolute atomic E-state index is 13.4. The number of hydrogen-bond acceptors (Lipinski definition) is 4. The van der Waals surface area contributed by atoms with Gasteiger partial charge in [-0.1, -0.05) is 18.2 Å². The van der Waals surface area contributed by atoms with Crippen LogP contribution in [0.5, 0.6) is 0 Å². The number of amides is 1. The molecule has 1 aliphatic heterocycles. The summed E-state index contributed by atoms with van der Waals surface area (Å²) < 4.78 is 108. The number of anilines is 1. The van der Waals surface area contributed by atoms with Gasteiger partial charge in [0.15, 0.2) is 6.29 Å². The lowest BCUT2D eigenvalue weighted by molar-refractivity contribution is -0.198. The number of halogens is 6. The van der Waals surface area contributed by atoms with Crippen LogP contribution >= 0.6 is 0 Å². The van der Waals surface area contributed by atoms with Gasteiger partial charge in [0, 0.05) is 19.1 Å². The molecule has 0 bridgehead atoms. The van der Waals surface area contributed by atoms with Gasteiger partial charge in [-0.05, 0) is 66.6 Å². The number of rotatable bonds is 7. The summed E-state index contributed by atoms with van der Waals surface area (Å²) in [6.07, 6.45) is -4.98. The van der Waals surface area contributed by atoms with E-state index in [1.807, 2.05) is 0 Å². The largest absolute Gasteiger partial charge is 0.416 e. The smallest absolute Gasteiger partial charge is 0.350 e. The van der Waals surface area contributed by atoms with Crippen molar-refractivity contribution in [3.8, 4) is 0 Å². The summed E-state index contributed by atoms with van der Waals surface area (Å²) in [5.74, 6) is -0.533. The molecule has 2 aromatic rings. The molecule has 2 aromatic carbocycles. The van der Waals surface area contributed by atoms with Crippen molar-refractivity contribution in [3.05, 3.63) is 70.3 Å². The molecule has 0 spiro atoms. The molecule has 2 N–H and O–H groups in total. The van der Waals surface area contributed by atoms with Crippen LogP contribution in [0.2, 0.25) is 0 Å². The molecule has 14 heteroatoms. The van der Waals surface area contributed by atoms with E-state index in [0.29, 0.717) is 52.6 Å². The van der Waals surface area contributed by atoms with Crippen LogP contribution in [0.4, 0.5) is 32.0 Å². The number of benzene rings is 2. The Morgan fingerprint density at radius 2 is 1.74 bits per heavy atom. The first kappa shape index (κ1) is 29.1. The van der Waals surface area contributed by atoms with Crippen LogP contribution in [-0.4, -0.2) is 27.6 Å². The first-order valence-corrected chi connectivity index (χ1v) is 13.0. The fraction of sp³-hybridized carbons (Fsp3) is 0.400. The molecule has 4 rings (SSSR count). The topological polar surface area (TPSA) is 88.1 Å². The quantitative estimate of drug-likeness (QED) is 0.184. The monoisotopic (exact) mass is 578 g/mol. The number of nitrogens with zero attached hydrogens (tertiary/aromatic N) is 1. The van der Waals surface area contributed by atoms with E-state index < -0.39 is 58.7 Å². The minimum absolute atomic E-state index is 0.0352. The highest BCUT2D eigenvalue weighted by Crippen LogP contribution is 2.43. The van der Waals surface area contributed by atoms with Crippen molar-refractivity contribution in [1.82, 2.24) is 5.48 Å². The molecule has 0 saturated carbocycles. The standard InChI is InChI=1S/C25H24F6N2O5S/c26-24(27,28)17-12-18(25(29,30)31)14-19(13-17)33(39(35)36)21-8-6-16-11-15(4-7-20(16)21)5-9-22(34)32-38-23-3-1-2-10-37-23/h4-5,7,9,11-14,21,23H,1-3,6,8,10H2,(H,32,34)(H,35,36)/b9-5+. The molecule has 0 radical (unpaired) electrons. The van der Waals surface area contributed by atoms with Crippen LogP contribution in [0.3, 0.4) is 0 Å². The van der Waals surface area contributed by atoms with Crippen LogP contribution < -0.4 is 9.79 Å². The zero-order valence-electron chi connectivity index (χ0n) is 20.2. The van der Waals surface area contributed by atoms with E-state index in [9.17, 15) is 39.9 Å². The van der Waals surface area contributed by atoms with E-state index in [2.05, 4.69) is 5.48 Å². The molecule has 39 heavy (non-hydrogen) atoms. The Kier molecular flexibility index (Phi) is 8.69. The van der Waals surface area contributed by atoms with Crippen molar-refractivity contribution in [2.45, 2.75) is 56.8 Å². The van der Waals surface area contributed by atoms with E-state index >= 15 is 0 Å². The number of aryl methyl sites for hydroxylation is 1. The van der Waals surface area contributed by atoms with Crippen molar-refractivity contribution < 1.29 is 49.5 Å². The molecule has 1 saturated heterocycles. The van der Waals surface area contributed by atoms with Gasteiger partial charge in [-0.15, -0.1) is 0 Å². The second kappa shape index (κ2) is 11.7. The summed E-state index contributed by atoms with van der Waals surface area (Å²) in [5, 5.41) is 0. The summed E-state index contributed by atoms with van der Waals surface area (Å²) in [7, 11) is 0. The molecule has 1 aliphatic carbocycles. The second-order valence-electron chi connectivity index (χ2n) is 9.05. The Morgan fingerprint density at radius 3 is 2.33 bits per heavy atom. The average Bonchev–Trinajstić information content (AvgIpc) is 3.28. The number of hydroxylamine groups is 1. The van der Waals surface area contributed by atoms with Gasteiger partial charge in [0.1, 0.15) is 0 Å². The second-order valence-corrected chi connectivity index (χ2v) is 9.90. The van der Waals surface area contributed by atoms with Crippen LogP contribution in [0.1, 0.15) is 59.5 Å². The SMILES string of the molecule is O=C(/C=C/c1ccc2c(c1)CCC2N(c1cc(C(F)(F)F)cc(C(F)(F)F)c1)S(=O)O)NOC1CCCCO1. The predicted octanol–water partition coefficient (Wildman–Crippen LogP) is 5.94. The number of carbonyl (C=O) groups is 1. The summed E-state index contributed by atoms with van der Waals surface area (Å²) in [4.78, 5) is 17.3. The number of alkyl halides is 6. The number of hydrogen-bond donors (Lipinski definition) is 2. The molecule has 1 fully saturated rings. The Balaban J connectivity index is 1.54. The zero-order chi connectivity index (χ0) is 28.4. The zero-order valence-corrected chi connectivity index (χ0v) is 21.0. The highest BCUT2D eigenvalue weighted by atomic mass is 32.2. The van der Waals surface area contributed by atoms with Crippen molar-refractivity contribution in [3.63, 3.8) is 0 Å². The first-order chi connectivity index (χ1) is 18.3. The molecule has 0 aromatic heterocycles. The third-order valence-corrected chi connectivity index (χ3v) is 7.15. The van der Waals surface area contributed by atoms with Gasteiger partial charge in [-0.2, -0.15) is 26.3 Å². The minimum Gasteiger partial charge on any atom is -0.350 e. The van der Waals surface area contributed by atoms with Gasteiger partial charge in [-0.3, -0.25) is 13.7 Å². The lowest BCUT2D eigenvalue weighted by Gasteiger charge is -2.29. The molecule has 7 nitrogen and oxygen atoms in total. The molecule has 3 unspecified atom stereocenters. The molecular formula is C25H24F6N2O5S. The van der Waals surface area contributed by atoms with Crippen molar-refractivity contribution >= 4 is 28.9 Å². The minimum atomic E-state index is -5.10. The number of nitrogens with one attached hydrogen (secondary N) is 1. The Labute approximate surface area is 222 Å². The van der Waals surface area contributed by atoms with Crippen LogP contribution in [0.15, 0.2) is 42.5 Å². The summed E-state index contributed by atoms with van der Waals surface area (Å²) in [6, 6.07) is 4.70. The van der Waals surface area contributed by atoms with Crippen molar-refractivity contribution in [2.24, 2.45) is 0 Å². The summed E-state index contributed by atoms with van der Waals surface area (Å²) in [6.45, 7) is 0.547. The van der Waals surface area contributed by atoms with Crippen molar-refractivity contribution in [2.75, 3.05) is 10.9 Å². The van der Waals surface area contributed by atoms with Gasteiger partial charge in [0.25, 0.3) is 17.2 Å². The summed E-state index contributed by atoms with van der Waals surface area (Å²) in [5.41, 5.74) is 0.168. The van der Waals surface area contributed by atoms with E-state index in [1.54, 1.807) is 18.2 Å². The molecular weight excluding hydrogens is 554 g/mol. The normalized spacial score (nSPS) is 20.6. The maximum Gasteiger partial charge on any atom is 0.416 e. The Morgan fingerprint density at radius 1 is 1.05 bits per heavy atom. The molecule has 1 amide bonds. The Bertz CT molecular complexity index is 1230. The fourth-order valence-corrected chi connectivity index (χ4v) is 5.26. The number of carbonyl (C=O) groups excluding carboxylic acids is 1. The lowest BCUT2D eigenvalue weighted by atomic mass is 10.0. The van der Waals surface area contributed by atoms with Crippen LogP contribution in [0, 0.1) is 0 Å². The Hall–Kier alpha value is -2.94. The molecule has 3 atom stereocenters. The number of fused-ring (bicyclic) bond motifs is 1. The highest BCUT2D eigenvalue weighted by molar-refractivity contribution is 7.80. The van der Waals surface area contributed by atoms with Gasteiger partial charge in [0.05, 0.1) is 22.9 Å². The van der Waals surface area contributed by atoms with Crippen LogP contribution in [0.25, 0.3) is 6.08 Å². The van der Waals surface area contributed by atoms with E-state index in [1.165, 1.54) is 12.2 Å². The highest BCUT2D eigenvalue weighted by Gasteiger charge is 2.39. The van der Waals surface area contributed by atoms with Gasteiger partial charge < -0.3 is 4.74 Å². The van der Waals surface area contributed by atoms with E-state index in [4.69, 9.17) is 9.57 Å². The van der Waals surface area contributed by atoms with Gasteiger partial charge in [0.2, 0.25) is 0 Å². The lowest BCUT2D eigenvalue weighted by Crippen LogP contribution is -2.32. The average molecular weight is 579 g/mol. The molecule has 2 aliphatic rings. The van der Waals surface area contributed by atoms with Crippen molar-refractivity contribution in [1.29, 1.82) is 0 Å². The number of ether oxygens (including phenoxy) is 1. The fourth-order valence-electron chi connectivity index (χ4n) is 4.54. The van der Waals surface area contributed by atoms with Gasteiger partial charge >= 0.3 is 12.4 Å². The predicted molar refractivity (Wildman–Crippen MR) is 129 cm³/mol. The molecule has 1 heterocycles. The summed E-state index contributed by atoms with van der Waals surface area (Å²) >= 11 is -2.93. The van der Waals surface area contributed by atoms with Gasteiger partial charge in [-0.25, -0.2) is 14.5 Å². The van der Waals surface area contributed by atoms with E-state index in [-0.39, 0.29) is 12.5 Å². The van der Waals surface area contributed by atoms with Crippen LogP contribution in [-0.2, 0) is 44.4 Å².